The van der Waals surface area contributed by atoms with Crippen molar-refractivity contribution < 1.29 is 59.4 Å². The fourth-order valence-electron chi connectivity index (χ4n) is 9.45. The molecule has 0 spiro atoms. The van der Waals surface area contributed by atoms with Gasteiger partial charge < -0.3 is 29.7 Å². The van der Waals surface area contributed by atoms with E-state index in [2.05, 4.69) is 20.6 Å². The predicted molar refractivity (Wildman–Crippen MR) is 220 cm³/mol. The number of alkyl carbamates (subject to hydrolysis) is 1. The fourth-order valence-corrected chi connectivity index (χ4v) is 10.8. The Morgan fingerprint density at radius 1 is 1.05 bits per heavy atom. The van der Waals surface area contributed by atoms with E-state index in [0.717, 1.165) is 4.90 Å². The first-order valence-electron chi connectivity index (χ1n) is 21.7. The van der Waals surface area contributed by atoms with Crippen molar-refractivity contribution in [3.05, 3.63) is 23.9 Å². The third kappa shape index (κ3) is 9.37. The second-order valence-electron chi connectivity index (χ2n) is 19.7. The summed E-state index contributed by atoms with van der Waals surface area (Å²) in [5.74, 6) is -7.73. The predicted octanol–water partition coefficient (Wildman–Crippen LogP) is 5.98. The first kappa shape index (κ1) is 46.5. The zero-order valence-corrected chi connectivity index (χ0v) is 37.5. The maximum atomic E-state index is 16.5. The molecule has 3 N–H and O–H groups in total. The minimum atomic E-state index is -4.25. The van der Waals surface area contributed by atoms with Gasteiger partial charge in [0.1, 0.15) is 35.6 Å². The molecule has 20 heteroatoms. The highest BCUT2D eigenvalue weighted by atomic mass is 32.2. The van der Waals surface area contributed by atoms with Crippen molar-refractivity contribution in [1.82, 2.24) is 30.2 Å². The van der Waals surface area contributed by atoms with Crippen molar-refractivity contribution in [2.45, 2.75) is 153 Å². The number of benzene rings is 1. The Morgan fingerprint density at radius 2 is 1.76 bits per heavy atom. The van der Waals surface area contributed by atoms with E-state index < -0.39 is 123 Å². The van der Waals surface area contributed by atoms with Gasteiger partial charge in [-0.05, 0) is 86.7 Å². The van der Waals surface area contributed by atoms with Gasteiger partial charge in [-0.3, -0.25) is 19.1 Å². The number of carbonyl (C=O) groups excluding carboxylic acids is 4. The van der Waals surface area contributed by atoms with E-state index in [4.69, 9.17) is 14.2 Å². The standard InChI is InChI=1S/C43H58F4N6O9S/c1-22-16-31-27(23(22)2)10-8-9-13-43(46,47)33-36(49-29-18-25(60-7)11-12-28(29)48-33)61-26-19-30(53(21-26)37(55)34(40(3,4)5)50-39(57)62-31)35(54)51-42(20-24(42)17-32(44)45)38(56)52-63(58,59)41(6)14-15-41/h11-12,18,22-24,26-27,30-32,34H,8-10,13-17,19-21H2,1-7H3,(H,50,57)(H,51,54)(H,52,56)/t22-,23-,24+,26+,27+,30-,31+,34+,42+/m0/s1. The summed E-state index contributed by atoms with van der Waals surface area (Å²) in [7, 11) is -2.83. The summed E-state index contributed by atoms with van der Waals surface area (Å²) in [4.78, 5) is 66.8. The molecule has 0 unspecified atom stereocenters. The monoisotopic (exact) mass is 910 g/mol. The van der Waals surface area contributed by atoms with Crippen LogP contribution in [0.4, 0.5) is 22.4 Å². The second kappa shape index (κ2) is 16.8. The second-order valence-corrected chi connectivity index (χ2v) is 21.9. The Balaban J connectivity index is 1.28. The van der Waals surface area contributed by atoms with Crippen LogP contribution < -0.4 is 24.8 Å². The first-order valence-corrected chi connectivity index (χ1v) is 23.2. The van der Waals surface area contributed by atoms with Crippen LogP contribution in [0.2, 0.25) is 0 Å². The molecule has 9 atom stereocenters. The molecule has 5 aliphatic rings. The number of halogens is 4. The first-order chi connectivity index (χ1) is 29.4. The van der Waals surface area contributed by atoms with E-state index in [9.17, 15) is 36.4 Å². The third-order valence-electron chi connectivity index (χ3n) is 14.0. The van der Waals surface area contributed by atoms with Crippen LogP contribution in [0.25, 0.3) is 11.0 Å². The summed E-state index contributed by atoms with van der Waals surface area (Å²) in [5.41, 5.74) is -3.51. The number of sulfonamides is 1. The summed E-state index contributed by atoms with van der Waals surface area (Å²) < 4.78 is 105. The summed E-state index contributed by atoms with van der Waals surface area (Å²) in [6.07, 6.45) is -5.60. The van der Waals surface area contributed by atoms with Gasteiger partial charge >= 0.3 is 6.09 Å². The molecule has 2 aliphatic heterocycles. The smallest absolute Gasteiger partial charge is 0.408 e. The lowest BCUT2D eigenvalue weighted by atomic mass is 9.85. The van der Waals surface area contributed by atoms with Crippen molar-refractivity contribution in [3.63, 3.8) is 0 Å². The lowest BCUT2D eigenvalue weighted by Crippen LogP contribution is -2.60. The number of methoxy groups -OCH3 is 1. The van der Waals surface area contributed by atoms with Crippen LogP contribution in [0.3, 0.4) is 0 Å². The average molecular weight is 911 g/mol. The Hall–Kier alpha value is -4.49. The van der Waals surface area contributed by atoms with Crippen LogP contribution in [0.15, 0.2) is 18.2 Å². The largest absolute Gasteiger partial charge is 0.497 e. The Bertz CT molecular complexity index is 2240. The summed E-state index contributed by atoms with van der Waals surface area (Å²) in [6, 6.07) is 1.69. The van der Waals surface area contributed by atoms with Gasteiger partial charge in [0, 0.05) is 25.3 Å². The molecular formula is C43H58F4N6O9S. The molecule has 1 aromatic heterocycles. The van der Waals surface area contributed by atoms with E-state index >= 15 is 8.78 Å². The van der Waals surface area contributed by atoms with E-state index in [1.54, 1.807) is 26.8 Å². The average Bonchev–Trinajstić information content (AvgIpc) is 4.04. The van der Waals surface area contributed by atoms with E-state index in [1.807, 2.05) is 18.6 Å². The van der Waals surface area contributed by atoms with Crippen LogP contribution >= 0.6 is 0 Å². The van der Waals surface area contributed by atoms with E-state index in [-0.39, 0.29) is 60.9 Å². The number of hydrogen-bond acceptors (Lipinski definition) is 11. The number of hydrogen-bond donors (Lipinski definition) is 3. The Kier molecular flexibility index (Phi) is 12.4. The fraction of sp³-hybridized carbons (Fsp3) is 0.721. The number of aromatic nitrogens is 2. The van der Waals surface area contributed by atoms with E-state index in [0.29, 0.717) is 25.0 Å². The number of nitrogens with one attached hydrogen (secondary N) is 3. The van der Waals surface area contributed by atoms with Gasteiger partial charge in [-0.15, -0.1) is 0 Å². The van der Waals surface area contributed by atoms with Crippen LogP contribution in [0.5, 0.6) is 11.6 Å². The molecule has 15 nitrogen and oxygen atoms in total. The van der Waals surface area contributed by atoms with Gasteiger partial charge in [-0.25, -0.2) is 32.0 Å². The van der Waals surface area contributed by atoms with Crippen LogP contribution in [0.1, 0.15) is 111 Å². The topological polar surface area (TPSA) is 195 Å². The molecule has 1 aromatic carbocycles. The van der Waals surface area contributed by atoms with Gasteiger partial charge in [-0.1, -0.05) is 41.0 Å². The number of amides is 4. The summed E-state index contributed by atoms with van der Waals surface area (Å²) in [6.45, 7) is 10.2. The zero-order valence-electron chi connectivity index (χ0n) is 36.6. The molecule has 2 aromatic rings. The van der Waals surface area contributed by atoms with Crippen LogP contribution in [-0.4, -0.2) is 102 Å². The van der Waals surface area contributed by atoms with E-state index in [1.165, 1.54) is 26.2 Å². The van der Waals surface area contributed by atoms with Crippen LogP contribution in [0, 0.1) is 29.1 Å². The molecule has 3 aliphatic carbocycles. The highest BCUT2D eigenvalue weighted by Crippen LogP contribution is 2.50. The molecule has 3 heterocycles. The van der Waals surface area contributed by atoms with Gasteiger partial charge in [0.2, 0.25) is 34.1 Å². The molecule has 63 heavy (non-hydrogen) atoms. The van der Waals surface area contributed by atoms with Gasteiger partial charge in [-0.2, -0.15) is 8.78 Å². The SMILES string of the molecule is COc1ccc2nc3c(nc2c1)O[C@@H]1C[C@@H](C(=O)N[C@]2(C(=O)NS(=O)(=O)C4(C)CC4)C[C@H]2CC(F)F)N(C1)C(=O)[C@H](C(C)(C)C)NC(=O)O[C@@H]1C[C@H](C)[C@H](C)[C@H]1CCCCC3(F)F. The number of ether oxygens (including phenoxy) is 3. The minimum Gasteiger partial charge on any atom is -0.497 e. The van der Waals surface area contributed by atoms with Crippen molar-refractivity contribution in [1.29, 1.82) is 0 Å². The molecule has 3 saturated carbocycles. The Labute approximate surface area is 364 Å². The normalized spacial score (nSPS) is 32.0. The molecule has 4 fully saturated rings. The summed E-state index contributed by atoms with van der Waals surface area (Å²) in [5, 5.41) is 5.27. The molecule has 348 valence electrons. The molecule has 0 radical (unpaired) electrons. The molecule has 2 bridgehead atoms. The Morgan fingerprint density at radius 3 is 2.41 bits per heavy atom. The number of fused-ring (bicyclic) bond motifs is 5. The number of nitrogens with zero attached hydrogens (tertiary/aromatic N) is 3. The zero-order chi connectivity index (χ0) is 46.0. The molecular weight excluding hydrogens is 853 g/mol. The lowest BCUT2D eigenvalue weighted by Gasteiger charge is -2.36. The number of rotatable bonds is 8. The van der Waals surface area contributed by atoms with Crippen molar-refractivity contribution in [2.24, 2.45) is 29.1 Å². The minimum absolute atomic E-state index is 0.0910. The molecule has 4 amide bonds. The van der Waals surface area contributed by atoms with Gasteiger partial charge in [0.15, 0.2) is 5.69 Å². The van der Waals surface area contributed by atoms with Gasteiger partial charge in [0.05, 0.1) is 29.4 Å². The highest BCUT2D eigenvalue weighted by molar-refractivity contribution is 7.91. The lowest BCUT2D eigenvalue weighted by molar-refractivity contribution is -0.143. The highest BCUT2D eigenvalue weighted by Gasteiger charge is 2.64. The number of alkyl halides is 4. The van der Waals surface area contributed by atoms with Gasteiger partial charge in [0.25, 0.3) is 11.8 Å². The molecule has 7 rings (SSSR count). The number of carbonyl (C=O) groups is 4. The van der Waals surface area contributed by atoms with Crippen LogP contribution in [-0.2, 0) is 35.1 Å². The summed E-state index contributed by atoms with van der Waals surface area (Å²) >= 11 is 0. The van der Waals surface area contributed by atoms with Crippen molar-refractivity contribution >= 4 is 44.9 Å². The maximum Gasteiger partial charge on any atom is 0.408 e. The van der Waals surface area contributed by atoms with Crippen molar-refractivity contribution in [3.8, 4) is 11.6 Å². The molecule has 1 saturated heterocycles. The quantitative estimate of drug-likeness (QED) is 0.264. The maximum absolute atomic E-state index is 16.5. The van der Waals surface area contributed by atoms with Crippen molar-refractivity contribution in [2.75, 3.05) is 13.7 Å². The third-order valence-corrected chi connectivity index (χ3v) is 16.2.